The Hall–Kier alpha value is -1.63. The minimum atomic E-state index is 0.294. The molecule has 154 valence electrons. The van der Waals surface area contributed by atoms with E-state index < -0.39 is 0 Å². The number of hydrogen-bond acceptors (Lipinski definition) is 5. The summed E-state index contributed by atoms with van der Waals surface area (Å²) in [4.78, 5) is 16.7. The van der Waals surface area contributed by atoms with Gasteiger partial charge in [0.2, 0.25) is 11.9 Å². The average molecular weight is 388 g/mol. The minimum absolute atomic E-state index is 0.294. The summed E-state index contributed by atoms with van der Waals surface area (Å²) in [6.07, 6.45) is 11.4. The third-order valence-electron chi connectivity index (χ3n) is 6.89. The van der Waals surface area contributed by atoms with E-state index in [-0.39, 0.29) is 0 Å². The summed E-state index contributed by atoms with van der Waals surface area (Å²) in [5, 5.41) is 9.26. The van der Waals surface area contributed by atoms with E-state index in [0.29, 0.717) is 24.0 Å². The van der Waals surface area contributed by atoms with Crippen LogP contribution in [0.25, 0.3) is 0 Å². The van der Waals surface area contributed by atoms with Crippen molar-refractivity contribution < 1.29 is 9.53 Å². The Bertz CT molecular complexity index is 695. The van der Waals surface area contributed by atoms with Crippen LogP contribution in [0.3, 0.4) is 0 Å². The van der Waals surface area contributed by atoms with Crippen LogP contribution in [0.5, 0.6) is 0 Å². The van der Waals surface area contributed by atoms with Crippen LogP contribution in [0.2, 0.25) is 0 Å². The van der Waals surface area contributed by atoms with Crippen LogP contribution < -0.4 is 4.90 Å². The van der Waals surface area contributed by atoms with Crippen LogP contribution in [-0.4, -0.2) is 64.0 Å². The zero-order valence-electron chi connectivity index (χ0n) is 16.9. The van der Waals surface area contributed by atoms with Gasteiger partial charge < -0.3 is 14.5 Å². The van der Waals surface area contributed by atoms with Gasteiger partial charge in [-0.25, -0.2) is 0 Å². The highest BCUT2D eigenvalue weighted by molar-refractivity contribution is 5.78. The number of amides is 1. The lowest BCUT2D eigenvalue weighted by Gasteiger charge is -2.28. The van der Waals surface area contributed by atoms with Gasteiger partial charge >= 0.3 is 0 Å². The zero-order chi connectivity index (χ0) is 18.9. The SMILES string of the molecule is O=C1CCCN1C1CCCN(c2nnc(C3CC3)n2CC2CCCCO2)CC1. The van der Waals surface area contributed by atoms with E-state index in [9.17, 15) is 4.79 Å². The second kappa shape index (κ2) is 8.01. The number of ether oxygens (including phenoxy) is 1. The van der Waals surface area contributed by atoms with Crippen molar-refractivity contribution in [2.75, 3.05) is 31.1 Å². The van der Waals surface area contributed by atoms with Gasteiger partial charge in [-0.3, -0.25) is 9.36 Å². The standard InChI is InChI=1S/C21H33N5O2/c27-19-7-4-12-25(19)17-5-3-11-24(13-10-17)21-23-22-20(16-8-9-16)26(21)15-18-6-1-2-14-28-18/h16-18H,1-15H2. The summed E-state index contributed by atoms with van der Waals surface area (Å²) in [5.41, 5.74) is 0. The molecule has 0 radical (unpaired) electrons. The minimum Gasteiger partial charge on any atom is -0.376 e. The Morgan fingerprint density at radius 2 is 1.86 bits per heavy atom. The molecule has 3 aliphatic heterocycles. The molecule has 4 heterocycles. The molecule has 0 aromatic carbocycles. The first-order chi connectivity index (χ1) is 13.8. The molecule has 1 aromatic rings. The number of rotatable bonds is 5. The molecule has 2 unspecified atom stereocenters. The highest BCUT2D eigenvalue weighted by Crippen LogP contribution is 2.40. The first kappa shape index (κ1) is 18.4. The van der Waals surface area contributed by atoms with Gasteiger partial charge in [-0.2, -0.15) is 0 Å². The van der Waals surface area contributed by atoms with Gasteiger partial charge in [-0.1, -0.05) is 0 Å². The predicted octanol–water partition coefficient (Wildman–Crippen LogP) is 2.71. The van der Waals surface area contributed by atoms with Crippen LogP contribution in [-0.2, 0) is 16.1 Å². The quantitative estimate of drug-likeness (QED) is 0.777. The van der Waals surface area contributed by atoms with Crippen molar-refractivity contribution in [1.29, 1.82) is 0 Å². The van der Waals surface area contributed by atoms with Crippen molar-refractivity contribution in [2.24, 2.45) is 0 Å². The summed E-state index contributed by atoms with van der Waals surface area (Å²) < 4.78 is 8.40. The monoisotopic (exact) mass is 387 g/mol. The smallest absolute Gasteiger partial charge is 0.227 e. The van der Waals surface area contributed by atoms with E-state index in [2.05, 4.69) is 24.6 Å². The van der Waals surface area contributed by atoms with Crippen LogP contribution >= 0.6 is 0 Å². The van der Waals surface area contributed by atoms with Gasteiger partial charge in [0.1, 0.15) is 5.82 Å². The van der Waals surface area contributed by atoms with E-state index in [4.69, 9.17) is 4.74 Å². The average Bonchev–Trinajstić information content (AvgIpc) is 3.42. The van der Waals surface area contributed by atoms with Gasteiger partial charge in [0.05, 0.1) is 12.6 Å². The molecule has 7 heteroatoms. The molecule has 2 atom stereocenters. The van der Waals surface area contributed by atoms with Crippen LogP contribution in [0.4, 0.5) is 5.95 Å². The maximum Gasteiger partial charge on any atom is 0.227 e. The lowest BCUT2D eigenvalue weighted by Crippen LogP contribution is -2.37. The molecule has 5 rings (SSSR count). The van der Waals surface area contributed by atoms with Gasteiger partial charge in [-0.05, 0) is 57.8 Å². The van der Waals surface area contributed by atoms with E-state index in [1.807, 2.05) is 0 Å². The number of carbonyl (C=O) groups is 1. The first-order valence-electron chi connectivity index (χ1n) is 11.4. The number of hydrogen-bond donors (Lipinski definition) is 0. The van der Waals surface area contributed by atoms with E-state index >= 15 is 0 Å². The lowest BCUT2D eigenvalue weighted by molar-refractivity contribution is -0.129. The molecule has 4 aliphatic rings. The van der Waals surface area contributed by atoms with Gasteiger partial charge in [0.25, 0.3) is 0 Å². The van der Waals surface area contributed by atoms with Crippen LogP contribution in [0.15, 0.2) is 0 Å². The van der Waals surface area contributed by atoms with E-state index in [1.54, 1.807) is 0 Å². The third kappa shape index (κ3) is 3.78. The van der Waals surface area contributed by atoms with Gasteiger partial charge in [-0.15, -0.1) is 10.2 Å². The number of aromatic nitrogens is 3. The summed E-state index contributed by atoms with van der Waals surface area (Å²) in [5.74, 6) is 3.14. The third-order valence-corrected chi connectivity index (χ3v) is 6.89. The second-order valence-electron chi connectivity index (χ2n) is 8.99. The molecule has 28 heavy (non-hydrogen) atoms. The fourth-order valence-electron chi connectivity index (χ4n) is 5.16. The first-order valence-corrected chi connectivity index (χ1v) is 11.4. The van der Waals surface area contributed by atoms with E-state index in [1.165, 1.54) is 31.5 Å². The number of likely N-dealkylation sites (tertiary alicyclic amines) is 1. The predicted molar refractivity (Wildman–Crippen MR) is 106 cm³/mol. The van der Waals surface area contributed by atoms with E-state index in [0.717, 1.165) is 77.3 Å². The Balaban J connectivity index is 1.31. The number of carbonyl (C=O) groups excluding carboxylic acids is 1. The molecule has 1 aromatic heterocycles. The zero-order valence-corrected chi connectivity index (χ0v) is 16.9. The second-order valence-corrected chi connectivity index (χ2v) is 8.99. The number of nitrogens with zero attached hydrogens (tertiary/aromatic N) is 5. The number of anilines is 1. The van der Waals surface area contributed by atoms with Crippen LogP contribution in [0, 0.1) is 0 Å². The molecule has 4 fully saturated rings. The van der Waals surface area contributed by atoms with Crippen molar-refractivity contribution in [2.45, 2.75) is 88.8 Å². The fraction of sp³-hybridized carbons (Fsp3) is 0.857. The largest absolute Gasteiger partial charge is 0.376 e. The van der Waals surface area contributed by atoms with Crippen molar-refractivity contribution in [3.05, 3.63) is 5.82 Å². The topological polar surface area (TPSA) is 63.5 Å². The maximum atomic E-state index is 12.2. The summed E-state index contributed by atoms with van der Waals surface area (Å²) in [6, 6.07) is 0.404. The molecule has 7 nitrogen and oxygen atoms in total. The lowest BCUT2D eigenvalue weighted by atomic mass is 10.1. The molecular weight excluding hydrogens is 354 g/mol. The Labute approximate surface area is 167 Å². The highest BCUT2D eigenvalue weighted by atomic mass is 16.5. The van der Waals surface area contributed by atoms with Crippen molar-refractivity contribution in [3.63, 3.8) is 0 Å². The van der Waals surface area contributed by atoms with Crippen molar-refractivity contribution in [3.8, 4) is 0 Å². The molecule has 1 saturated carbocycles. The fourth-order valence-corrected chi connectivity index (χ4v) is 5.16. The Morgan fingerprint density at radius 3 is 2.61 bits per heavy atom. The summed E-state index contributed by atoms with van der Waals surface area (Å²) in [6.45, 7) is 4.69. The summed E-state index contributed by atoms with van der Waals surface area (Å²) in [7, 11) is 0. The Kier molecular flexibility index (Phi) is 5.26. The highest BCUT2D eigenvalue weighted by Gasteiger charge is 2.34. The molecule has 1 aliphatic carbocycles. The molecule has 0 bridgehead atoms. The molecule has 3 saturated heterocycles. The van der Waals surface area contributed by atoms with Gasteiger partial charge in [0, 0.05) is 44.6 Å². The Morgan fingerprint density at radius 1 is 0.929 bits per heavy atom. The maximum absolute atomic E-state index is 12.2. The van der Waals surface area contributed by atoms with Crippen molar-refractivity contribution in [1.82, 2.24) is 19.7 Å². The van der Waals surface area contributed by atoms with Crippen molar-refractivity contribution >= 4 is 11.9 Å². The molecular formula is C21H33N5O2. The van der Waals surface area contributed by atoms with Gasteiger partial charge in [0.15, 0.2) is 0 Å². The molecule has 0 N–H and O–H groups in total. The molecule has 1 amide bonds. The van der Waals surface area contributed by atoms with Crippen LogP contribution in [0.1, 0.15) is 76.0 Å². The molecule has 0 spiro atoms. The normalized spacial score (nSPS) is 29.4. The summed E-state index contributed by atoms with van der Waals surface area (Å²) >= 11 is 0.